The quantitative estimate of drug-likeness (QED) is 0.133. The van der Waals surface area contributed by atoms with E-state index in [0.717, 1.165) is 27.9 Å². The van der Waals surface area contributed by atoms with Gasteiger partial charge in [-0.1, -0.05) is 102 Å². The van der Waals surface area contributed by atoms with Gasteiger partial charge in [-0.25, -0.2) is 10.2 Å². The van der Waals surface area contributed by atoms with Gasteiger partial charge in [0.2, 0.25) is 0 Å². The van der Waals surface area contributed by atoms with E-state index in [1.165, 1.54) is 0 Å². The monoisotopic (exact) mass is 523 g/mol. The summed E-state index contributed by atoms with van der Waals surface area (Å²) in [5.74, 6) is -0.597. The molecule has 0 saturated heterocycles. The molecule has 200 valence electrons. The van der Waals surface area contributed by atoms with Crippen molar-refractivity contribution in [2.45, 2.75) is 6.17 Å². The zero-order valence-electron chi connectivity index (χ0n) is 21.1. The number of nitrogens with two attached hydrogens (primary N) is 1. The van der Waals surface area contributed by atoms with Crippen molar-refractivity contribution < 1.29 is 12.9 Å². The molecule has 8 N–H and O–H groups in total. The van der Waals surface area contributed by atoms with Crippen LogP contribution in [-0.4, -0.2) is 26.1 Å². The second-order valence-electron chi connectivity index (χ2n) is 8.60. The summed E-state index contributed by atoms with van der Waals surface area (Å²) in [6, 6.07) is 34.3. The van der Waals surface area contributed by atoms with Crippen LogP contribution in [0.25, 0.3) is 28.1 Å². The van der Waals surface area contributed by atoms with Crippen LogP contribution in [0.4, 0.5) is 0 Å². The van der Waals surface area contributed by atoms with Gasteiger partial charge in [-0.3, -0.25) is 10.0 Å². The number of nitrogens with zero attached hydrogens (tertiary/aromatic N) is 3. The van der Waals surface area contributed by atoms with E-state index in [1.807, 2.05) is 109 Å². The van der Waals surface area contributed by atoms with Crippen molar-refractivity contribution in [3.05, 3.63) is 138 Å². The van der Waals surface area contributed by atoms with Gasteiger partial charge >= 0.3 is 0 Å². The van der Waals surface area contributed by atoms with E-state index in [1.54, 1.807) is 22.4 Å². The van der Waals surface area contributed by atoms with Gasteiger partial charge in [-0.05, 0) is 34.4 Å². The number of rotatable bonds is 8. The molecule has 0 saturated carbocycles. The highest BCUT2D eigenvalue weighted by Crippen LogP contribution is 2.29. The predicted octanol–water partition coefficient (Wildman–Crippen LogP) is 5.48. The molecular formula is C30H33N7O2. The van der Waals surface area contributed by atoms with Crippen molar-refractivity contribution in [3.63, 3.8) is 0 Å². The lowest BCUT2D eigenvalue weighted by atomic mass is 9.96. The van der Waals surface area contributed by atoms with Gasteiger partial charge in [-0.2, -0.15) is 0 Å². The van der Waals surface area contributed by atoms with Crippen molar-refractivity contribution in [1.29, 1.82) is 0 Å². The molecule has 9 nitrogen and oxygen atoms in total. The Kier molecular flexibility index (Phi) is 8.47. The Morgan fingerprint density at radius 1 is 0.897 bits per heavy atom. The SMILES string of the molecule is N.N/C(=C\NC(c1ccc(C(=O)NO)c(-c2ccccc2)c1)n1cc(-c2ccccc2)nn1)c1ccccc1.[HH].[HH]. The maximum absolute atomic E-state index is 12.5. The summed E-state index contributed by atoms with van der Waals surface area (Å²) in [5.41, 5.74) is 13.8. The molecular weight excluding hydrogens is 490 g/mol. The molecule has 1 unspecified atom stereocenters. The maximum Gasteiger partial charge on any atom is 0.275 e. The third-order valence-electron chi connectivity index (χ3n) is 6.14. The van der Waals surface area contributed by atoms with Crippen LogP contribution in [0.3, 0.4) is 0 Å². The first kappa shape index (κ1) is 26.8. The van der Waals surface area contributed by atoms with E-state index in [0.29, 0.717) is 16.8 Å². The molecule has 9 heteroatoms. The Morgan fingerprint density at radius 2 is 1.51 bits per heavy atom. The first-order chi connectivity index (χ1) is 18.6. The lowest BCUT2D eigenvalue weighted by Crippen LogP contribution is -2.26. The molecule has 0 spiro atoms. The standard InChI is InChI=1S/C30H26N6O2.H3N.2H2/c31-27(22-12-6-2-7-13-22)19-32-29(36-20-28(33-35-36)23-14-8-3-9-15-23)24-16-17-25(30(37)34-38)26(18-24)21-10-4-1-5-11-21;;;/h1-20,29,32,38H,31H2,(H,34,37);1H3;2*1H/b27-19-;;;. The fraction of sp³-hybridized carbons (Fsp3) is 0.0333. The molecule has 0 fully saturated rings. The molecule has 0 aliphatic heterocycles. The predicted molar refractivity (Wildman–Crippen MR) is 156 cm³/mol. The number of hydrogen-bond donors (Lipinski definition) is 5. The molecule has 0 radical (unpaired) electrons. The van der Waals surface area contributed by atoms with Crippen LogP contribution in [0.2, 0.25) is 0 Å². The lowest BCUT2D eigenvalue weighted by Gasteiger charge is -2.20. The smallest absolute Gasteiger partial charge is 0.275 e. The number of hydrogen-bond acceptors (Lipinski definition) is 7. The van der Waals surface area contributed by atoms with Gasteiger partial charge in [0.1, 0.15) is 11.9 Å². The molecule has 4 aromatic carbocycles. The number of amides is 1. The van der Waals surface area contributed by atoms with Crippen LogP contribution in [0.15, 0.2) is 122 Å². The summed E-state index contributed by atoms with van der Waals surface area (Å²) < 4.78 is 1.72. The summed E-state index contributed by atoms with van der Waals surface area (Å²) in [6.45, 7) is 0. The molecule has 5 aromatic rings. The van der Waals surface area contributed by atoms with Crippen molar-refractivity contribution in [1.82, 2.24) is 31.9 Å². The van der Waals surface area contributed by atoms with Crippen molar-refractivity contribution in [2.75, 3.05) is 0 Å². The van der Waals surface area contributed by atoms with Crippen LogP contribution < -0.4 is 22.7 Å². The number of nitrogens with one attached hydrogen (secondary N) is 2. The second kappa shape index (κ2) is 12.3. The highest BCUT2D eigenvalue weighted by molar-refractivity contribution is 6.00. The van der Waals surface area contributed by atoms with Crippen LogP contribution in [-0.2, 0) is 0 Å². The van der Waals surface area contributed by atoms with Crippen LogP contribution in [0.1, 0.15) is 30.5 Å². The summed E-state index contributed by atoms with van der Waals surface area (Å²) in [7, 11) is 0. The molecule has 1 atom stereocenters. The first-order valence-corrected chi connectivity index (χ1v) is 12.0. The molecule has 1 amide bonds. The second-order valence-corrected chi connectivity index (χ2v) is 8.60. The number of aromatic nitrogens is 3. The van der Waals surface area contributed by atoms with Crippen molar-refractivity contribution in [3.8, 4) is 22.4 Å². The van der Waals surface area contributed by atoms with Crippen molar-refractivity contribution in [2.24, 2.45) is 5.73 Å². The maximum atomic E-state index is 12.5. The number of carbonyl (C=O) groups excluding carboxylic acids is 1. The van der Waals surface area contributed by atoms with Gasteiger partial charge in [-0.15, -0.1) is 5.10 Å². The van der Waals surface area contributed by atoms with Gasteiger partial charge in [0.15, 0.2) is 0 Å². The van der Waals surface area contributed by atoms with E-state index in [9.17, 15) is 10.0 Å². The highest BCUT2D eigenvalue weighted by Gasteiger charge is 2.20. The summed E-state index contributed by atoms with van der Waals surface area (Å²) >= 11 is 0. The van der Waals surface area contributed by atoms with Crippen LogP contribution >= 0.6 is 0 Å². The third kappa shape index (κ3) is 6.02. The summed E-state index contributed by atoms with van der Waals surface area (Å²) in [6.07, 6.45) is 3.09. The fourth-order valence-corrected chi connectivity index (χ4v) is 4.20. The molecule has 0 bridgehead atoms. The topological polar surface area (TPSA) is 153 Å². The zero-order chi connectivity index (χ0) is 26.3. The molecule has 39 heavy (non-hydrogen) atoms. The largest absolute Gasteiger partial charge is 0.397 e. The van der Waals surface area contributed by atoms with Crippen LogP contribution in [0, 0.1) is 0 Å². The molecule has 1 aromatic heterocycles. The average Bonchev–Trinajstić information content (AvgIpc) is 3.48. The van der Waals surface area contributed by atoms with Crippen molar-refractivity contribution >= 4 is 11.6 Å². The van der Waals surface area contributed by atoms with E-state index in [4.69, 9.17) is 5.73 Å². The van der Waals surface area contributed by atoms with E-state index in [-0.39, 0.29) is 9.00 Å². The number of benzene rings is 4. The normalized spacial score (nSPS) is 11.8. The minimum Gasteiger partial charge on any atom is -0.397 e. The highest BCUT2D eigenvalue weighted by atomic mass is 16.5. The van der Waals surface area contributed by atoms with E-state index >= 15 is 0 Å². The molecule has 0 aliphatic rings. The van der Waals surface area contributed by atoms with Gasteiger partial charge < -0.3 is 17.2 Å². The summed E-state index contributed by atoms with van der Waals surface area (Å²) in [5, 5.41) is 21.5. The van der Waals surface area contributed by atoms with E-state index < -0.39 is 12.1 Å². The summed E-state index contributed by atoms with van der Waals surface area (Å²) in [4.78, 5) is 12.5. The number of carbonyl (C=O) groups is 1. The Morgan fingerprint density at radius 3 is 2.15 bits per heavy atom. The van der Waals surface area contributed by atoms with Crippen LogP contribution in [0.5, 0.6) is 0 Å². The Bertz CT molecular complexity index is 1560. The van der Waals surface area contributed by atoms with E-state index in [2.05, 4.69) is 15.6 Å². The molecule has 0 aliphatic carbocycles. The lowest BCUT2D eigenvalue weighted by molar-refractivity contribution is 0.0707. The number of hydroxylamine groups is 1. The Labute approximate surface area is 229 Å². The minimum atomic E-state index is -0.597. The third-order valence-corrected chi connectivity index (χ3v) is 6.14. The van der Waals surface area contributed by atoms with Gasteiger partial charge in [0.05, 0.1) is 11.9 Å². The molecule has 5 rings (SSSR count). The fourth-order valence-electron chi connectivity index (χ4n) is 4.20. The van der Waals surface area contributed by atoms with Gasteiger partial charge in [0, 0.05) is 20.2 Å². The zero-order valence-corrected chi connectivity index (χ0v) is 21.1. The Hall–Kier alpha value is -5.25. The Balaban J connectivity index is 0.00000196. The molecule has 1 heterocycles. The van der Waals surface area contributed by atoms with Gasteiger partial charge in [0.25, 0.3) is 5.91 Å². The average molecular weight is 524 g/mol. The minimum absolute atomic E-state index is 0. The first-order valence-electron chi connectivity index (χ1n) is 12.0.